The summed E-state index contributed by atoms with van der Waals surface area (Å²) in [6.07, 6.45) is 5.34. The number of benzene rings is 1. The van der Waals surface area contributed by atoms with Gasteiger partial charge in [-0.05, 0) is 30.2 Å². The molecule has 2 atom stereocenters. The molecule has 0 aromatic heterocycles. The molecule has 112 valence electrons. The van der Waals surface area contributed by atoms with Crippen LogP contribution in [0.15, 0.2) is 24.3 Å². The first-order chi connectivity index (χ1) is 9.52. The number of hydrogen-bond donors (Lipinski definition) is 1. The minimum absolute atomic E-state index is 0.369. The van der Waals surface area contributed by atoms with Gasteiger partial charge in [0.15, 0.2) is 0 Å². The molecule has 1 fully saturated rings. The lowest BCUT2D eigenvalue weighted by molar-refractivity contribution is 0.162. The standard InChI is InChI=1S/C18H29NO/c1-18(2,3)15-10-6-8-12-17(15)19-16-11-7-5-9-14(16)13-20-4/h5,7,9,11,15,17,19H,6,8,10,12-13H2,1-4H3. The van der Waals surface area contributed by atoms with E-state index in [0.29, 0.717) is 18.1 Å². The molecule has 2 rings (SSSR count). The number of para-hydroxylation sites is 1. The predicted molar refractivity (Wildman–Crippen MR) is 86.0 cm³/mol. The fraction of sp³-hybridized carbons (Fsp3) is 0.667. The van der Waals surface area contributed by atoms with Gasteiger partial charge < -0.3 is 10.1 Å². The Morgan fingerprint density at radius 1 is 1.15 bits per heavy atom. The molecule has 0 radical (unpaired) electrons. The molecular weight excluding hydrogens is 246 g/mol. The normalized spacial score (nSPS) is 23.6. The van der Waals surface area contributed by atoms with Gasteiger partial charge in [-0.25, -0.2) is 0 Å². The van der Waals surface area contributed by atoms with E-state index >= 15 is 0 Å². The van der Waals surface area contributed by atoms with E-state index in [0.717, 1.165) is 5.92 Å². The van der Waals surface area contributed by atoms with Gasteiger partial charge in [0, 0.05) is 24.4 Å². The van der Waals surface area contributed by atoms with Crippen molar-refractivity contribution < 1.29 is 4.74 Å². The number of hydrogen-bond acceptors (Lipinski definition) is 2. The molecule has 0 bridgehead atoms. The Balaban J connectivity index is 2.15. The summed E-state index contributed by atoms with van der Waals surface area (Å²) >= 11 is 0. The predicted octanol–water partition coefficient (Wildman–Crippen LogP) is 4.85. The number of nitrogens with one attached hydrogen (secondary N) is 1. The van der Waals surface area contributed by atoms with Crippen molar-refractivity contribution >= 4 is 5.69 Å². The molecule has 1 saturated carbocycles. The highest BCUT2D eigenvalue weighted by Crippen LogP contribution is 2.39. The molecule has 2 heteroatoms. The van der Waals surface area contributed by atoms with Crippen LogP contribution in [0, 0.1) is 11.3 Å². The van der Waals surface area contributed by atoms with Crippen molar-refractivity contribution in [1.29, 1.82) is 0 Å². The van der Waals surface area contributed by atoms with Gasteiger partial charge in [-0.15, -0.1) is 0 Å². The highest BCUT2D eigenvalue weighted by Gasteiger charge is 2.34. The van der Waals surface area contributed by atoms with E-state index in [-0.39, 0.29) is 0 Å². The van der Waals surface area contributed by atoms with Crippen molar-refractivity contribution in [2.75, 3.05) is 12.4 Å². The second-order valence-electron chi connectivity index (χ2n) is 7.10. The first kappa shape index (κ1) is 15.4. The van der Waals surface area contributed by atoms with Crippen molar-refractivity contribution in [2.45, 2.75) is 59.1 Å². The Kier molecular flexibility index (Phi) is 5.09. The van der Waals surface area contributed by atoms with E-state index in [2.05, 4.69) is 50.4 Å². The summed E-state index contributed by atoms with van der Waals surface area (Å²) in [7, 11) is 1.76. The highest BCUT2D eigenvalue weighted by molar-refractivity contribution is 5.51. The number of methoxy groups -OCH3 is 1. The van der Waals surface area contributed by atoms with Gasteiger partial charge in [-0.2, -0.15) is 0 Å². The quantitative estimate of drug-likeness (QED) is 0.848. The lowest BCUT2D eigenvalue weighted by Gasteiger charge is -2.41. The van der Waals surface area contributed by atoms with Gasteiger partial charge in [0.25, 0.3) is 0 Å². The number of rotatable bonds is 4. The van der Waals surface area contributed by atoms with E-state index in [1.165, 1.54) is 36.9 Å². The summed E-state index contributed by atoms with van der Waals surface area (Å²) in [5.74, 6) is 0.742. The van der Waals surface area contributed by atoms with Crippen LogP contribution >= 0.6 is 0 Å². The first-order valence-electron chi connectivity index (χ1n) is 7.86. The molecule has 0 spiro atoms. The molecule has 2 nitrogen and oxygen atoms in total. The Bertz CT molecular complexity index is 422. The maximum Gasteiger partial charge on any atom is 0.0733 e. The van der Waals surface area contributed by atoms with E-state index in [9.17, 15) is 0 Å². The fourth-order valence-electron chi connectivity index (χ4n) is 3.48. The maximum atomic E-state index is 5.31. The van der Waals surface area contributed by atoms with Gasteiger partial charge in [0.2, 0.25) is 0 Å². The molecule has 2 unspecified atom stereocenters. The van der Waals surface area contributed by atoms with Gasteiger partial charge in [0.1, 0.15) is 0 Å². The average molecular weight is 275 g/mol. The smallest absolute Gasteiger partial charge is 0.0733 e. The first-order valence-corrected chi connectivity index (χ1v) is 7.86. The van der Waals surface area contributed by atoms with Crippen LogP contribution in [-0.4, -0.2) is 13.2 Å². The van der Waals surface area contributed by atoms with E-state index in [1.807, 2.05) is 0 Å². The largest absolute Gasteiger partial charge is 0.382 e. The van der Waals surface area contributed by atoms with Crippen molar-refractivity contribution in [2.24, 2.45) is 11.3 Å². The summed E-state index contributed by atoms with van der Waals surface area (Å²) in [6, 6.07) is 9.11. The highest BCUT2D eigenvalue weighted by atomic mass is 16.5. The summed E-state index contributed by atoms with van der Waals surface area (Å²) in [5, 5.41) is 3.81. The van der Waals surface area contributed by atoms with Crippen molar-refractivity contribution in [3.8, 4) is 0 Å². The second-order valence-corrected chi connectivity index (χ2v) is 7.10. The Hall–Kier alpha value is -1.02. The molecule has 1 aliphatic carbocycles. The van der Waals surface area contributed by atoms with Crippen LogP contribution in [0.2, 0.25) is 0 Å². The third kappa shape index (κ3) is 3.76. The van der Waals surface area contributed by atoms with Gasteiger partial charge in [-0.3, -0.25) is 0 Å². The van der Waals surface area contributed by atoms with Gasteiger partial charge in [0.05, 0.1) is 6.61 Å². The summed E-state index contributed by atoms with van der Waals surface area (Å²) < 4.78 is 5.31. The second kappa shape index (κ2) is 6.62. The Morgan fingerprint density at radius 3 is 2.55 bits per heavy atom. The molecule has 0 saturated heterocycles. The monoisotopic (exact) mass is 275 g/mol. The molecule has 1 aromatic rings. The Labute approximate surface area is 123 Å². The molecule has 0 aliphatic heterocycles. The third-order valence-corrected chi connectivity index (χ3v) is 4.54. The number of ether oxygens (including phenoxy) is 1. The average Bonchev–Trinajstić information content (AvgIpc) is 2.41. The van der Waals surface area contributed by atoms with Crippen LogP contribution in [0.3, 0.4) is 0 Å². The summed E-state index contributed by atoms with van der Waals surface area (Å²) in [6.45, 7) is 7.80. The van der Waals surface area contributed by atoms with Crippen molar-refractivity contribution in [1.82, 2.24) is 0 Å². The van der Waals surface area contributed by atoms with E-state index < -0.39 is 0 Å². The Morgan fingerprint density at radius 2 is 1.85 bits per heavy atom. The van der Waals surface area contributed by atoms with E-state index in [1.54, 1.807) is 7.11 Å². The van der Waals surface area contributed by atoms with Crippen LogP contribution in [0.4, 0.5) is 5.69 Å². The molecule has 1 aliphatic rings. The molecular formula is C18H29NO. The van der Waals surface area contributed by atoms with Gasteiger partial charge in [-0.1, -0.05) is 51.8 Å². The zero-order valence-electron chi connectivity index (χ0n) is 13.4. The third-order valence-electron chi connectivity index (χ3n) is 4.54. The topological polar surface area (TPSA) is 21.3 Å². The van der Waals surface area contributed by atoms with E-state index in [4.69, 9.17) is 4.74 Å². The molecule has 0 amide bonds. The SMILES string of the molecule is COCc1ccccc1NC1CCCCC1C(C)(C)C. The minimum Gasteiger partial charge on any atom is -0.382 e. The van der Waals surface area contributed by atoms with Crippen LogP contribution < -0.4 is 5.32 Å². The zero-order valence-corrected chi connectivity index (χ0v) is 13.4. The molecule has 0 heterocycles. The maximum absolute atomic E-state index is 5.31. The fourth-order valence-corrected chi connectivity index (χ4v) is 3.48. The molecule has 1 aromatic carbocycles. The summed E-state index contributed by atoms with van der Waals surface area (Å²) in [4.78, 5) is 0. The van der Waals surface area contributed by atoms with Gasteiger partial charge >= 0.3 is 0 Å². The van der Waals surface area contributed by atoms with Crippen LogP contribution in [-0.2, 0) is 11.3 Å². The van der Waals surface area contributed by atoms with Crippen LogP contribution in [0.5, 0.6) is 0 Å². The summed E-state index contributed by atoms with van der Waals surface area (Å²) in [5.41, 5.74) is 2.87. The molecule has 1 N–H and O–H groups in total. The minimum atomic E-state index is 0.369. The van der Waals surface area contributed by atoms with Crippen LogP contribution in [0.1, 0.15) is 52.0 Å². The van der Waals surface area contributed by atoms with Crippen LogP contribution in [0.25, 0.3) is 0 Å². The van der Waals surface area contributed by atoms with Crippen molar-refractivity contribution in [3.05, 3.63) is 29.8 Å². The lowest BCUT2D eigenvalue weighted by Crippen LogP contribution is -2.40. The zero-order chi connectivity index (χ0) is 14.6. The van der Waals surface area contributed by atoms with Crippen molar-refractivity contribution in [3.63, 3.8) is 0 Å². The molecule has 20 heavy (non-hydrogen) atoms. The number of anilines is 1. The lowest BCUT2D eigenvalue weighted by atomic mass is 9.69.